The van der Waals surface area contributed by atoms with Gasteiger partial charge in [-0.25, -0.2) is 0 Å². The second-order valence-corrected chi connectivity index (χ2v) is 6.67. The zero-order chi connectivity index (χ0) is 13.3. The molecule has 0 N–H and O–H groups in total. The van der Waals surface area contributed by atoms with Gasteiger partial charge in [-0.15, -0.1) is 11.3 Å². The van der Waals surface area contributed by atoms with Crippen molar-refractivity contribution in [1.29, 1.82) is 0 Å². The Hall–Kier alpha value is -1.83. The van der Waals surface area contributed by atoms with Crippen molar-refractivity contribution in [3.05, 3.63) is 59.6 Å². The average Bonchev–Trinajstić information content (AvgIpc) is 2.85. The molecule has 0 atom stereocenters. The largest absolute Gasteiger partial charge is 0.135 e. The van der Waals surface area contributed by atoms with Crippen LogP contribution in [0.4, 0.5) is 0 Å². The molecular weight excluding hydrogens is 284 g/mol. The zero-order valence-corrected chi connectivity index (χ0v) is 12.1. The summed E-state index contributed by atoms with van der Waals surface area (Å²) in [6, 6.07) is 19.4. The van der Waals surface area contributed by atoms with Gasteiger partial charge in [0.15, 0.2) is 0 Å². The highest BCUT2D eigenvalue weighted by atomic mass is 35.5. The first kappa shape index (κ1) is 10.9. The third kappa shape index (κ3) is 1.22. The Bertz CT molecular complexity index is 1100. The van der Waals surface area contributed by atoms with Crippen LogP contribution in [0.3, 0.4) is 0 Å². The summed E-state index contributed by atoms with van der Waals surface area (Å²) in [5, 5.41) is 8.77. The van der Waals surface area contributed by atoms with Gasteiger partial charge in [-0.1, -0.05) is 41.9 Å². The Morgan fingerprint density at radius 3 is 2.00 bits per heavy atom. The summed E-state index contributed by atoms with van der Waals surface area (Å²) in [5.74, 6) is 0. The summed E-state index contributed by atoms with van der Waals surface area (Å²) in [5.41, 5.74) is 0. The molecule has 2 heteroatoms. The number of halogens is 1. The summed E-state index contributed by atoms with van der Waals surface area (Å²) in [7, 11) is 0. The number of benzene rings is 4. The van der Waals surface area contributed by atoms with Gasteiger partial charge in [-0.3, -0.25) is 0 Å². The smallest absolute Gasteiger partial charge is 0.0412 e. The summed E-state index contributed by atoms with van der Waals surface area (Å²) < 4.78 is 2.72. The summed E-state index contributed by atoms with van der Waals surface area (Å²) in [4.78, 5) is 0. The minimum absolute atomic E-state index is 0.798. The van der Waals surface area contributed by atoms with Crippen LogP contribution in [-0.4, -0.2) is 0 Å². The summed E-state index contributed by atoms with van der Waals surface area (Å²) in [6.45, 7) is 0. The van der Waals surface area contributed by atoms with Crippen molar-refractivity contribution in [2.45, 2.75) is 0 Å². The zero-order valence-electron chi connectivity index (χ0n) is 10.5. The van der Waals surface area contributed by atoms with Gasteiger partial charge in [-0.05, 0) is 45.8 Å². The van der Waals surface area contributed by atoms with E-state index in [2.05, 4.69) is 48.5 Å². The monoisotopic (exact) mass is 292 g/mol. The van der Waals surface area contributed by atoms with Crippen LogP contribution in [0.2, 0.25) is 5.02 Å². The van der Waals surface area contributed by atoms with Gasteiger partial charge in [0.05, 0.1) is 0 Å². The van der Waals surface area contributed by atoms with E-state index in [1.165, 1.54) is 41.7 Å². The molecule has 1 heterocycles. The first-order chi connectivity index (χ1) is 9.83. The number of rotatable bonds is 0. The van der Waals surface area contributed by atoms with Crippen LogP contribution in [0, 0.1) is 0 Å². The molecule has 0 amide bonds. The fourth-order valence-corrected chi connectivity index (χ4v) is 4.62. The second-order valence-electron chi connectivity index (χ2n) is 5.15. The maximum atomic E-state index is 6.22. The highest BCUT2D eigenvalue weighted by Gasteiger charge is 2.14. The molecule has 4 aromatic carbocycles. The van der Waals surface area contributed by atoms with Crippen molar-refractivity contribution in [2.75, 3.05) is 0 Å². The minimum Gasteiger partial charge on any atom is -0.135 e. The number of hydrogen-bond acceptors (Lipinski definition) is 1. The molecule has 0 aliphatic rings. The molecule has 0 fully saturated rings. The van der Waals surface area contributed by atoms with E-state index in [0.29, 0.717) is 0 Å². The Labute approximate surface area is 124 Å². The lowest BCUT2D eigenvalue weighted by Gasteiger charge is -2.09. The SMILES string of the molecule is Clc1ccc2c(c1)c1cccc3sc4cccc2c4c31. The van der Waals surface area contributed by atoms with E-state index in [1.54, 1.807) is 0 Å². The second kappa shape index (κ2) is 3.63. The van der Waals surface area contributed by atoms with Crippen LogP contribution in [0.5, 0.6) is 0 Å². The summed E-state index contributed by atoms with van der Waals surface area (Å²) >= 11 is 8.09. The van der Waals surface area contributed by atoms with E-state index in [1.807, 2.05) is 17.4 Å². The number of fused-ring (bicyclic) bond motifs is 3. The third-order valence-electron chi connectivity index (χ3n) is 4.08. The van der Waals surface area contributed by atoms with Crippen LogP contribution in [0.15, 0.2) is 54.6 Å². The molecule has 5 rings (SSSR count). The Morgan fingerprint density at radius 1 is 0.650 bits per heavy atom. The molecule has 0 unspecified atom stereocenters. The molecule has 0 spiro atoms. The van der Waals surface area contributed by atoms with Crippen molar-refractivity contribution in [3.8, 4) is 0 Å². The van der Waals surface area contributed by atoms with Gasteiger partial charge < -0.3 is 0 Å². The van der Waals surface area contributed by atoms with Crippen LogP contribution in [0.25, 0.3) is 41.7 Å². The fourth-order valence-electron chi connectivity index (χ4n) is 3.29. The molecule has 1 aromatic heterocycles. The predicted molar refractivity (Wildman–Crippen MR) is 90.5 cm³/mol. The van der Waals surface area contributed by atoms with E-state index in [9.17, 15) is 0 Å². The molecular formula is C18H9ClS. The lowest BCUT2D eigenvalue weighted by atomic mass is 9.94. The Balaban J connectivity index is 2.30. The molecule has 0 nitrogen and oxygen atoms in total. The quantitative estimate of drug-likeness (QED) is 0.288. The molecule has 0 aliphatic heterocycles. The molecule has 5 aromatic rings. The van der Waals surface area contributed by atoms with Gasteiger partial charge in [0.2, 0.25) is 0 Å². The van der Waals surface area contributed by atoms with Crippen molar-refractivity contribution >= 4 is 64.7 Å². The highest BCUT2D eigenvalue weighted by Crippen LogP contribution is 2.44. The number of hydrogen-bond donors (Lipinski definition) is 0. The first-order valence-corrected chi connectivity index (χ1v) is 7.77. The van der Waals surface area contributed by atoms with Crippen LogP contribution < -0.4 is 0 Å². The Morgan fingerprint density at radius 2 is 1.30 bits per heavy atom. The third-order valence-corrected chi connectivity index (χ3v) is 5.44. The van der Waals surface area contributed by atoms with Crippen LogP contribution >= 0.6 is 22.9 Å². The first-order valence-electron chi connectivity index (χ1n) is 6.57. The van der Waals surface area contributed by atoms with E-state index in [4.69, 9.17) is 11.6 Å². The maximum absolute atomic E-state index is 6.22. The van der Waals surface area contributed by atoms with Crippen molar-refractivity contribution in [1.82, 2.24) is 0 Å². The van der Waals surface area contributed by atoms with Crippen molar-refractivity contribution in [3.63, 3.8) is 0 Å². The molecule has 0 saturated carbocycles. The van der Waals surface area contributed by atoms with Crippen LogP contribution in [-0.2, 0) is 0 Å². The lowest BCUT2D eigenvalue weighted by Crippen LogP contribution is -1.81. The Kier molecular flexibility index (Phi) is 1.98. The van der Waals surface area contributed by atoms with E-state index in [-0.39, 0.29) is 0 Å². The normalized spacial score (nSPS) is 12.2. The van der Waals surface area contributed by atoms with Gasteiger partial charge >= 0.3 is 0 Å². The topological polar surface area (TPSA) is 0 Å². The van der Waals surface area contributed by atoms with Crippen LogP contribution in [0.1, 0.15) is 0 Å². The van der Waals surface area contributed by atoms with Gasteiger partial charge in [0, 0.05) is 25.2 Å². The molecule has 0 saturated heterocycles. The average molecular weight is 293 g/mol. The standard InChI is InChI=1S/C18H9ClS/c19-10-7-8-11-12-3-1-5-15-17(12)18-13(14(11)9-10)4-2-6-16(18)20-15/h1-9H. The molecule has 0 bridgehead atoms. The number of thiophene rings is 1. The molecule has 0 aliphatic carbocycles. The van der Waals surface area contributed by atoms with E-state index in [0.717, 1.165) is 5.02 Å². The fraction of sp³-hybridized carbons (Fsp3) is 0. The van der Waals surface area contributed by atoms with E-state index < -0.39 is 0 Å². The molecule has 94 valence electrons. The van der Waals surface area contributed by atoms with Gasteiger partial charge in [-0.2, -0.15) is 0 Å². The molecule has 0 radical (unpaired) electrons. The van der Waals surface area contributed by atoms with Gasteiger partial charge in [0.25, 0.3) is 0 Å². The highest BCUT2D eigenvalue weighted by molar-refractivity contribution is 7.26. The lowest BCUT2D eigenvalue weighted by molar-refractivity contribution is 1.81. The maximum Gasteiger partial charge on any atom is 0.0412 e. The van der Waals surface area contributed by atoms with Crippen molar-refractivity contribution in [2.24, 2.45) is 0 Å². The van der Waals surface area contributed by atoms with Crippen molar-refractivity contribution < 1.29 is 0 Å². The molecule has 20 heavy (non-hydrogen) atoms. The predicted octanol–water partition coefficient (Wildman–Crippen LogP) is 6.45. The summed E-state index contributed by atoms with van der Waals surface area (Å²) in [6.07, 6.45) is 0. The van der Waals surface area contributed by atoms with E-state index >= 15 is 0 Å². The minimum atomic E-state index is 0.798. The van der Waals surface area contributed by atoms with Gasteiger partial charge in [0.1, 0.15) is 0 Å².